The number of aromatic carboxylic acids is 1. The Bertz CT molecular complexity index is 1110. The van der Waals surface area contributed by atoms with E-state index >= 15 is 0 Å². The molecule has 33 heavy (non-hydrogen) atoms. The van der Waals surface area contributed by atoms with Gasteiger partial charge in [0.15, 0.2) is 0 Å². The first kappa shape index (κ1) is 22.6. The third-order valence-corrected chi connectivity index (χ3v) is 6.35. The number of nitrogens with zero attached hydrogens (tertiary/aromatic N) is 1. The van der Waals surface area contributed by atoms with Crippen LogP contribution in [0.15, 0.2) is 72.8 Å². The van der Waals surface area contributed by atoms with E-state index < -0.39 is 5.97 Å². The van der Waals surface area contributed by atoms with Crippen molar-refractivity contribution in [1.29, 1.82) is 0 Å². The monoisotopic (exact) mass is 443 g/mol. The van der Waals surface area contributed by atoms with Crippen molar-refractivity contribution in [3.05, 3.63) is 101 Å². The number of carbonyl (C=O) groups excluding carboxylic acids is 1. The normalized spacial score (nSPS) is 14.9. The average molecular weight is 444 g/mol. The molecular formula is C28H29NO4. The topological polar surface area (TPSA) is 66.8 Å². The van der Waals surface area contributed by atoms with Gasteiger partial charge in [-0.25, -0.2) is 4.79 Å². The predicted molar refractivity (Wildman–Crippen MR) is 127 cm³/mol. The smallest absolute Gasteiger partial charge is 0.335 e. The van der Waals surface area contributed by atoms with Gasteiger partial charge in [-0.05, 0) is 71.7 Å². The molecule has 3 aromatic rings. The quantitative estimate of drug-likeness (QED) is 0.525. The number of ether oxygens (including phenoxy) is 1. The second-order valence-electron chi connectivity index (χ2n) is 8.69. The van der Waals surface area contributed by atoms with Crippen molar-refractivity contribution in [2.24, 2.45) is 5.92 Å². The van der Waals surface area contributed by atoms with Crippen LogP contribution in [0, 0.1) is 5.92 Å². The minimum atomic E-state index is -0.950. The highest BCUT2D eigenvalue weighted by molar-refractivity contribution is 5.87. The number of aryl methyl sites for hydroxylation is 1. The molecule has 3 aromatic carbocycles. The summed E-state index contributed by atoms with van der Waals surface area (Å²) in [4.78, 5) is 26.5. The number of carboxylic acid groups (broad SMARTS) is 1. The zero-order valence-corrected chi connectivity index (χ0v) is 18.9. The molecule has 5 heteroatoms. The number of hydrogen-bond acceptors (Lipinski definition) is 3. The molecule has 0 radical (unpaired) electrons. The molecule has 0 heterocycles. The number of rotatable bonds is 8. The molecule has 0 saturated heterocycles. The minimum Gasteiger partial charge on any atom is -0.497 e. The van der Waals surface area contributed by atoms with Crippen LogP contribution in [0.5, 0.6) is 5.75 Å². The minimum absolute atomic E-state index is 0.128. The molecule has 1 aliphatic carbocycles. The van der Waals surface area contributed by atoms with Crippen molar-refractivity contribution < 1.29 is 19.4 Å². The molecule has 1 aliphatic rings. The van der Waals surface area contributed by atoms with Gasteiger partial charge >= 0.3 is 5.97 Å². The zero-order valence-electron chi connectivity index (χ0n) is 18.9. The fourth-order valence-electron chi connectivity index (χ4n) is 4.49. The van der Waals surface area contributed by atoms with E-state index in [-0.39, 0.29) is 11.5 Å². The standard InChI is InChI=1S/C28H29NO4/c1-33-26-14-13-24-15-22(9-12-25(24)17-26)16-27(30)29(18-20-5-3-2-4-6-20)19-21-7-10-23(11-8-21)28(31)32/h2-8,10-11,13-14,17,22H,9,12,15-16,18-19H2,1H3,(H,31,32)/t22-/m1/s1. The largest absolute Gasteiger partial charge is 0.497 e. The number of amides is 1. The molecule has 0 aromatic heterocycles. The van der Waals surface area contributed by atoms with E-state index in [2.05, 4.69) is 12.1 Å². The van der Waals surface area contributed by atoms with Gasteiger partial charge in [-0.1, -0.05) is 48.5 Å². The first-order chi connectivity index (χ1) is 16.0. The Balaban J connectivity index is 1.47. The Kier molecular flexibility index (Phi) is 7.08. The molecule has 5 nitrogen and oxygen atoms in total. The Morgan fingerprint density at radius 2 is 1.64 bits per heavy atom. The number of hydrogen-bond donors (Lipinski definition) is 1. The van der Waals surface area contributed by atoms with Crippen molar-refractivity contribution in [3.63, 3.8) is 0 Å². The van der Waals surface area contributed by atoms with Crippen LogP contribution >= 0.6 is 0 Å². The molecule has 0 unspecified atom stereocenters. The highest BCUT2D eigenvalue weighted by atomic mass is 16.5. The molecule has 0 spiro atoms. The first-order valence-electron chi connectivity index (χ1n) is 11.3. The molecule has 0 aliphatic heterocycles. The van der Waals surface area contributed by atoms with Gasteiger partial charge in [0.05, 0.1) is 12.7 Å². The number of methoxy groups -OCH3 is 1. The molecule has 170 valence electrons. The van der Waals surface area contributed by atoms with Crippen LogP contribution in [0.4, 0.5) is 0 Å². The number of benzene rings is 3. The van der Waals surface area contributed by atoms with Crippen LogP contribution in [0.1, 0.15) is 45.5 Å². The Hall–Kier alpha value is -3.60. The van der Waals surface area contributed by atoms with Crippen LogP contribution in [-0.4, -0.2) is 29.0 Å². The fourth-order valence-corrected chi connectivity index (χ4v) is 4.49. The number of fused-ring (bicyclic) bond motifs is 1. The summed E-state index contributed by atoms with van der Waals surface area (Å²) >= 11 is 0. The summed E-state index contributed by atoms with van der Waals surface area (Å²) in [6.45, 7) is 0.981. The Morgan fingerprint density at radius 1 is 0.939 bits per heavy atom. The van der Waals surface area contributed by atoms with E-state index in [0.717, 1.165) is 36.1 Å². The lowest BCUT2D eigenvalue weighted by atomic mass is 9.82. The van der Waals surface area contributed by atoms with Crippen LogP contribution in [0.25, 0.3) is 0 Å². The van der Waals surface area contributed by atoms with Crippen molar-refractivity contribution in [2.75, 3.05) is 7.11 Å². The SMILES string of the molecule is COc1ccc2c(c1)CC[C@@H](CC(=O)N(Cc1ccccc1)Cc1ccc(C(=O)O)cc1)C2. The van der Waals surface area contributed by atoms with Crippen LogP contribution in [0.2, 0.25) is 0 Å². The van der Waals surface area contributed by atoms with Crippen molar-refractivity contribution in [2.45, 2.75) is 38.8 Å². The molecule has 1 amide bonds. The van der Waals surface area contributed by atoms with Crippen LogP contribution in [-0.2, 0) is 30.7 Å². The second kappa shape index (κ2) is 10.3. The van der Waals surface area contributed by atoms with Gasteiger partial charge in [-0.15, -0.1) is 0 Å². The summed E-state index contributed by atoms with van der Waals surface area (Å²) in [5, 5.41) is 9.15. The van der Waals surface area contributed by atoms with Gasteiger partial charge in [0, 0.05) is 19.5 Å². The van der Waals surface area contributed by atoms with Gasteiger partial charge in [0.2, 0.25) is 5.91 Å². The fraction of sp³-hybridized carbons (Fsp3) is 0.286. The highest BCUT2D eigenvalue weighted by Crippen LogP contribution is 2.31. The Labute approximate surface area is 194 Å². The molecule has 0 saturated carbocycles. The zero-order chi connectivity index (χ0) is 23.2. The average Bonchev–Trinajstić information content (AvgIpc) is 2.84. The van der Waals surface area contributed by atoms with Gasteiger partial charge in [0.1, 0.15) is 5.75 Å². The number of carboxylic acids is 1. The lowest BCUT2D eigenvalue weighted by Gasteiger charge is -2.28. The molecular weight excluding hydrogens is 414 g/mol. The summed E-state index contributed by atoms with van der Waals surface area (Å²) in [6.07, 6.45) is 3.35. The molecule has 0 fully saturated rings. The van der Waals surface area contributed by atoms with Crippen LogP contribution in [0.3, 0.4) is 0 Å². The maximum absolute atomic E-state index is 13.4. The number of carbonyl (C=O) groups is 2. The van der Waals surface area contributed by atoms with Crippen molar-refractivity contribution in [3.8, 4) is 5.75 Å². The van der Waals surface area contributed by atoms with Crippen molar-refractivity contribution >= 4 is 11.9 Å². The third-order valence-electron chi connectivity index (χ3n) is 6.35. The molecule has 1 atom stereocenters. The maximum Gasteiger partial charge on any atom is 0.335 e. The van der Waals surface area contributed by atoms with Gasteiger partial charge in [-0.3, -0.25) is 4.79 Å². The summed E-state index contributed by atoms with van der Waals surface area (Å²) < 4.78 is 5.34. The summed E-state index contributed by atoms with van der Waals surface area (Å²) in [5.74, 6) is 0.370. The summed E-state index contributed by atoms with van der Waals surface area (Å²) in [5.41, 5.74) is 4.87. The lowest BCUT2D eigenvalue weighted by Crippen LogP contribution is -2.32. The van der Waals surface area contributed by atoms with Gasteiger partial charge in [0.25, 0.3) is 0 Å². The van der Waals surface area contributed by atoms with E-state index in [4.69, 9.17) is 9.84 Å². The van der Waals surface area contributed by atoms with Gasteiger partial charge in [-0.2, -0.15) is 0 Å². The lowest BCUT2D eigenvalue weighted by molar-refractivity contribution is -0.133. The van der Waals surface area contributed by atoms with E-state index in [1.165, 1.54) is 11.1 Å². The van der Waals surface area contributed by atoms with Crippen molar-refractivity contribution in [1.82, 2.24) is 4.90 Å². The molecule has 0 bridgehead atoms. The second-order valence-corrected chi connectivity index (χ2v) is 8.69. The van der Waals surface area contributed by atoms with E-state index in [1.54, 1.807) is 31.4 Å². The predicted octanol–water partition coefficient (Wildman–Crippen LogP) is 5.12. The first-order valence-corrected chi connectivity index (χ1v) is 11.3. The Morgan fingerprint density at radius 3 is 2.30 bits per heavy atom. The highest BCUT2D eigenvalue weighted by Gasteiger charge is 2.24. The van der Waals surface area contributed by atoms with Crippen LogP contribution < -0.4 is 4.74 Å². The molecule has 4 rings (SSSR count). The third kappa shape index (κ3) is 5.80. The van der Waals surface area contributed by atoms with E-state index in [0.29, 0.717) is 25.4 Å². The van der Waals surface area contributed by atoms with Gasteiger partial charge < -0.3 is 14.7 Å². The van der Waals surface area contributed by atoms with E-state index in [1.807, 2.05) is 41.3 Å². The maximum atomic E-state index is 13.4. The summed E-state index contributed by atoms with van der Waals surface area (Å²) in [6, 6.07) is 23.0. The van der Waals surface area contributed by atoms with E-state index in [9.17, 15) is 9.59 Å². The summed E-state index contributed by atoms with van der Waals surface area (Å²) in [7, 11) is 1.68. The molecule has 1 N–H and O–H groups in total.